The lowest BCUT2D eigenvalue weighted by Gasteiger charge is -2.29. The molecule has 0 aliphatic carbocycles. The van der Waals surface area contributed by atoms with Gasteiger partial charge in [-0.15, -0.1) is 0 Å². The Morgan fingerprint density at radius 2 is 2.06 bits per heavy atom. The third-order valence-electron chi connectivity index (χ3n) is 2.98. The van der Waals surface area contributed by atoms with Crippen LogP contribution in [-0.2, 0) is 4.74 Å². The molecule has 106 valence electrons. The van der Waals surface area contributed by atoms with E-state index in [1.54, 1.807) is 7.11 Å². The molecule has 18 heavy (non-hydrogen) atoms. The molecule has 0 saturated carbocycles. The van der Waals surface area contributed by atoms with Gasteiger partial charge in [0.15, 0.2) is 0 Å². The highest BCUT2D eigenvalue weighted by Crippen LogP contribution is 2.10. The predicted molar refractivity (Wildman–Crippen MR) is 75.5 cm³/mol. The van der Waals surface area contributed by atoms with E-state index in [9.17, 15) is 5.26 Å². The maximum Gasteiger partial charge on any atom is 0.105 e. The molecule has 0 fully saturated rings. The fraction of sp³-hybridized carbons (Fsp3) is 0.929. The number of rotatable bonds is 10. The van der Waals surface area contributed by atoms with E-state index < -0.39 is 5.54 Å². The molecule has 0 rings (SSSR count). The van der Waals surface area contributed by atoms with Gasteiger partial charge in [0.2, 0.25) is 0 Å². The Balaban J connectivity index is 4.26. The minimum atomic E-state index is -0.420. The Labute approximate surface area is 112 Å². The number of nitriles is 1. The fourth-order valence-corrected chi connectivity index (χ4v) is 1.99. The zero-order chi connectivity index (χ0) is 14.0. The largest absolute Gasteiger partial charge is 0.383 e. The summed E-state index contributed by atoms with van der Waals surface area (Å²) in [7, 11) is 1.73. The average molecular weight is 255 g/mol. The van der Waals surface area contributed by atoms with Crippen molar-refractivity contribution in [3.63, 3.8) is 0 Å². The summed E-state index contributed by atoms with van der Waals surface area (Å²) in [6, 6.07) is 2.38. The molecule has 4 nitrogen and oxygen atoms in total. The van der Waals surface area contributed by atoms with Crippen LogP contribution >= 0.6 is 0 Å². The molecule has 0 aromatic rings. The van der Waals surface area contributed by atoms with Crippen molar-refractivity contribution in [2.24, 2.45) is 5.92 Å². The van der Waals surface area contributed by atoms with Crippen molar-refractivity contribution in [2.45, 2.75) is 39.7 Å². The maximum atomic E-state index is 9.23. The van der Waals surface area contributed by atoms with Crippen LogP contribution in [0.3, 0.4) is 0 Å². The van der Waals surface area contributed by atoms with Crippen LogP contribution in [0.5, 0.6) is 0 Å². The van der Waals surface area contributed by atoms with Crippen molar-refractivity contribution in [1.82, 2.24) is 10.2 Å². The van der Waals surface area contributed by atoms with Gasteiger partial charge in [0.1, 0.15) is 5.54 Å². The van der Waals surface area contributed by atoms with E-state index in [1.807, 2.05) is 13.8 Å². The number of nitrogens with one attached hydrogen (secondary N) is 1. The van der Waals surface area contributed by atoms with E-state index in [4.69, 9.17) is 4.74 Å². The molecule has 4 heteroatoms. The van der Waals surface area contributed by atoms with Gasteiger partial charge in [0, 0.05) is 26.7 Å². The summed E-state index contributed by atoms with van der Waals surface area (Å²) in [6.07, 6.45) is 0.841. The Kier molecular flexibility index (Phi) is 8.99. The number of ether oxygens (including phenoxy) is 1. The van der Waals surface area contributed by atoms with Gasteiger partial charge in [-0.3, -0.25) is 5.32 Å². The van der Waals surface area contributed by atoms with E-state index in [2.05, 4.69) is 30.1 Å². The van der Waals surface area contributed by atoms with Gasteiger partial charge < -0.3 is 9.64 Å². The molecule has 0 radical (unpaired) electrons. The zero-order valence-electron chi connectivity index (χ0n) is 12.6. The van der Waals surface area contributed by atoms with E-state index in [0.29, 0.717) is 5.92 Å². The molecule has 0 saturated heterocycles. The highest BCUT2D eigenvalue weighted by atomic mass is 16.5. The molecule has 0 spiro atoms. The van der Waals surface area contributed by atoms with Crippen molar-refractivity contribution in [3.05, 3.63) is 0 Å². The lowest BCUT2D eigenvalue weighted by Crippen LogP contribution is -2.44. The zero-order valence-corrected chi connectivity index (χ0v) is 12.6. The van der Waals surface area contributed by atoms with E-state index in [1.165, 1.54) is 0 Å². The standard InChI is InChI=1S/C14H29N3O/c1-6-16-14(4,12-15)7-8-17(9-10-18-5)11-13(2)3/h13,16H,6-11H2,1-5H3. The first-order valence-corrected chi connectivity index (χ1v) is 6.85. The van der Waals surface area contributed by atoms with Gasteiger partial charge in [-0.05, 0) is 25.8 Å². The quantitative estimate of drug-likeness (QED) is 0.647. The monoisotopic (exact) mass is 255 g/mol. The van der Waals surface area contributed by atoms with Crippen LogP contribution in [0.4, 0.5) is 0 Å². The van der Waals surface area contributed by atoms with Crippen molar-refractivity contribution < 1.29 is 4.74 Å². The molecule has 0 aliphatic rings. The fourth-order valence-electron chi connectivity index (χ4n) is 1.99. The van der Waals surface area contributed by atoms with Crippen LogP contribution < -0.4 is 5.32 Å². The van der Waals surface area contributed by atoms with Gasteiger partial charge in [-0.1, -0.05) is 20.8 Å². The smallest absolute Gasteiger partial charge is 0.105 e. The number of methoxy groups -OCH3 is 1. The SMILES string of the molecule is CCNC(C)(C#N)CCN(CCOC)CC(C)C. The van der Waals surface area contributed by atoms with Gasteiger partial charge in [0.25, 0.3) is 0 Å². The molecule has 1 atom stereocenters. The van der Waals surface area contributed by atoms with Crippen molar-refractivity contribution in [1.29, 1.82) is 5.26 Å². The van der Waals surface area contributed by atoms with Crippen LogP contribution in [0, 0.1) is 17.2 Å². The van der Waals surface area contributed by atoms with Crippen LogP contribution in [0.1, 0.15) is 34.1 Å². The molecule has 1 N–H and O–H groups in total. The molecule has 0 bridgehead atoms. The minimum absolute atomic E-state index is 0.420. The molecule has 0 aromatic heterocycles. The van der Waals surface area contributed by atoms with Crippen molar-refractivity contribution in [2.75, 3.05) is 39.9 Å². The number of hydrogen-bond acceptors (Lipinski definition) is 4. The molecular weight excluding hydrogens is 226 g/mol. The summed E-state index contributed by atoms with van der Waals surface area (Å²) in [5.41, 5.74) is -0.420. The predicted octanol–water partition coefficient (Wildman–Crippen LogP) is 1.87. The Hall–Kier alpha value is -0.630. The van der Waals surface area contributed by atoms with Gasteiger partial charge in [-0.25, -0.2) is 0 Å². The lowest BCUT2D eigenvalue weighted by atomic mass is 9.99. The van der Waals surface area contributed by atoms with Crippen LogP contribution in [-0.4, -0.2) is 50.3 Å². The minimum Gasteiger partial charge on any atom is -0.383 e. The number of nitrogens with zero attached hydrogens (tertiary/aromatic N) is 2. The Morgan fingerprint density at radius 3 is 2.50 bits per heavy atom. The summed E-state index contributed by atoms with van der Waals surface area (Å²) < 4.78 is 5.14. The summed E-state index contributed by atoms with van der Waals surface area (Å²) in [6.45, 7) is 12.9. The number of hydrogen-bond donors (Lipinski definition) is 1. The van der Waals surface area contributed by atoms with Crippen LogP contribution in [0.2, 0.25) is 0 Å². The molecule has 0 aliphatic heterocycles. The van der Waals surface area contributed by atoms with Gasteiger partial charge in [0.05, 0.1) is 12.7 Å². The summed E-state index contributed by atoms with van der Waals surface area (Å²) in [5.74, 6) is 0.634. The van der Waals surface area contributed by atoms with Crippen molar-refractivity contribution >= 4 is 0 Å². The Bertz CT molecular complexity index is 250. The molecular formula is C14H29N3O. The highest BCUT2D eigenvalue weighted by Gasteiger charge is 2.23. The summed E-state index contributed by atoms with van der Waals surface area (Å²) >= 11 is 0. The molecule has 0 heterocycles. The third kappa shape index (κ3) is 7.65. The molecule has 1 unspecified atom stereocenters. The molecule has 0 aromatic carbocycles. The van der Waals surface area contributed by atoms with Crippen LogP contribution in [0.25, 0.3) is 0 Å². The van der Waals surface area contributed by atoms with Crippen molar-refractivity contribution in [3.8, 4) is 6.07 Å². The van der Waals surface area contributed by atoms with Gasteiger partial charge >= 0.3 is 0 Å². The second-order valence-electron chi connectivity index (χ2n) is 5.41. The first-order chi connectivity index (χ1) is 8.47. The average Bonchev–Trinajstić information content (AvgIpc) is 2.32. The van der Waals surface area contributed by atoms with Gasteiger partial charge in [-0.2, -0.15) is 5.26 Å². The molecule has 0 amide bonds. The summed E-state index contributed by atoms with van der Waals surface area (Å²) in [5, 5.41) is 12.5. The lowest BCUT2D eigenvalue weighted by molar-refractivity contribution is 0.134. The second-order valence-corrected chi connectivity index (χ2v) is 5.41. The third-order valence-corrected chi connectivity index (χ3v) is 2.98. The van der Waals surface area contributed by atoms with E-state index in [0.717, 1.165) is 39.2 Å². The van der Waals surface area contributed by atoms with E-state index in [-0.39, 0.29) is 0 Å². The highest BCUT2D eigenvalue weighted by molar-refractivity contribution is 5.03. The topological polar surface area (TPSA) is 48.3 Å². The second kappa shape index (κ2) is 9.32. The normalized spacial score (nSPS) is 14.8. The van der Waals surface area contributed by atoms with E-state index >= 15 is 0 Å². The Morgan fingerprint density at radius 1 is 1.39 bits per heavy atom. The first-order valence-electron chi connectivity index (χ1n) is 6.85. The summed E-state index contributed by atoms with van der Waals surface area (Å²) in [4.78, 5) is 2.38. The van der Waals surface area contributed by atoms with Crippen LogP contribution in [0.15, 0.2) is 0 Å². The maximum absolute atomic E-state index is 9.23. The first kappa shape index (κ1) is 17.4.